The molecule has 1 heterocycles. The first-order valence-electron chi connectivity index (χ1n) is 7.99. The van der Waals surface area contributed by atoms with Crippen LogP contribution < -0.4 is 5.32 Å². The molecule has 1 saturated carbocycles. The number of nitrogens with one attached hydrogen (secondary N) is 1. The maximum atomic E-state index is 4.87. The van der Waals surface area contributed by atoms with Crippen molar-refractivity contribution in [1.82, 2.24) is 20.0 Å². The Balaban J connectivity index is 0.00000242. The van der Waals surface area contributed by atoms with E-state index in [1.807, 2.05) is 17.9 Å². The predicted molar refractivity (Wildman–Crippen MR) is 103 cm³/mol. The number of hydrogen-bond donors (Lipinski definition) is 1. The number of rotatable bonds is 5. The molecule has 6 heteroatoms. The zero-order valence-corrected chi connectivity index (χ0v) is 16.6. The van der Waals surface area contributed by atoms with Crippen LogP contribution in [-0.4, -0.2) is 40.8 Å². The van der Waals surface area contributed by atoms with E-state index in [1.165, 1.54) is 31.2 Å². The standard InChI is InChI=1S/C16H29N5.HI/c1-5-17-15(18-13-16(2)8-6-7-9-16)20(3)11-14-10-19-21(4)12-14;/h10,12H,5-9,11,13H2,1-4H3,(H,17,18);1H. The summed E-state index contributed by atoms with van der Waals surface area (Å²) in [5.74, 6) is 0.995. The van der Waals surface area contributed by atoms with Gasteiger partial charge in [0, 0.05) is 45.5 Å². The van der Waals surface area contributed by atoms with Crippen LogP contribution in [0.2, 0.25) is 0 Å². The van der Waals surface area contributed by atoms with Gasteiger partial charge in [0.25, 0.3) is 0 Å². The van der Waals surface area contributed by atoms with Crippen molar-refractivity contribution < 1.29 is 0 Å². The van der Waals surface area contributed by atoms with Crippen molar-refractivity contribution in [2.45, 2.75) is 46.1 Å². The highest BCUT2D eigenvalue weighted by Gasteiger charge is 2.28. The highest BCUT2D eigenvalue weighted by molar-refractivity contribution is 14.0. The third-order valence-corrected chi connectivity index (χ3v) is 4.30. The second-order valence-corrected chi connectivity index (χ2v) is 6.57. The fourth-order valence-corrected chi connectivity index (χ4v) is 3.02. The summed E-state index contributed by atoms with van der Waals surface area (Å²) in [6, 6.07) is 0. The van der Waals surface area contributed by atoms with Crippen molar-refractivity contribution in [3.05, 3.63) is 18.0 Å². The number of aliphatic imine (C=N–C) groups is 1. The molecule has 22 heavy (non-hydrogen) atoms. The lowest BCUT2D eigenvalue weighted by molar-refractivity contribution is 0.347. The van der Waals surface area contributed by atoms with Crippen LogP contribution >= 0.6 is 24.0 Å². The van der Waals surface area contributed by atoms with Gasteiger partial charge in [-0.15, -0.1) is 24.0 Å². The van der Waals surface area contributed by atoms with Crippen LogP contribution in [-0.2, 0) is 13.6 Å². The van der Waals surface area contributed by atoms with Crippen LogP contribution in [0.5, 0.6) is 0 Å². The van der Waals surface area contributed by atoms with E-state index >= 15 is 0 Å². The summed E-state index contributed by atoms with van der Waals surface area (Å²) in [7, 11) is 4.04. The Kier molecular flexibility index (Phi) is 7.65. The number of guanidine groups is 1. The molecule has 1 aromatic heterocycles. The van der Waals surface area contributed by atoms with Crippen molar-refractivity contribution in [2.75, 3.05) is 20.1 Å². The van der Waals surface area contributed by atoms with E-state index in [0.717, 1.165) is 25.6 Å². The molecular weight excluding hydrogens is 389 g/mol. The van der Waals surface area contributed by atoms with E-state index in [2.05, 4.69) is 42.4 Å². The normalized spacial score (nSPS) is 17.2. The zero-order valence-electron chi connectivity index (χ0n) is 14.3. The van der Waals surface area contributed by atoms with Crippen molar-refractivity contribution in [3.63, 3.8) is 0 Å². The lowest BCUT2D eigenvalue weighted by Gasteiger charge is -2.25. The molecule has 1 aliphatic carbocycles. The highest BCUT2D eigenvalue weighted by atomic mass is 127. The first-order chi connectivity index (χ1) is 10.0. The zero-order chi connectivity index (χ0) is 15.3. The summed E-state index contributed by atoms with van der Waals surface area (Å²) in [6.07, 6.45) is 9.29. The Hall–Kier alpha value is -0.790. The average molecular weight is 419 g/mol. The fraction of sp³-hybridized carbons (Fsp3) is 0.750. The summed E-state index contributed by atoms with van der Waals surface area (Å²) < 4.78 is 1.84. The molecule has 0 amide bonds. The van der Waals surface area contributed by atoms with Crippen molar-refractivity contribution in [2.24, 2.45) is 17.5 Å². The maximum absolute atomic E-state index is 4.87. The molecule has 126 valence electrons. The van der Waals surface area contributed by atoms with E-state index < -0.39 is 0 Å². The van der Waals surface area contributed by atoms with Crippen LogP contribution in [0.15, 0.2) is 17.4 Å². The summed E-state index contributed by atoms with van der Waals surface area (Å²) in [5.41, 5.74) is 1.60. The molecule has 0 atom stereocenters. The Morgan fingerprint density at radius 2 is 2.14 bits per heavy atom. The van der Waals surface area contributed by atoms with Gasteiger partial charge in [0.15, 0.2) is 5.96 Å². The predicted octanol–water partition coefficient (Wildman–Crippen LogP) is 3.02. The number of aryl methyl sites for hydroxylation is 1. The quantitative estimate of drug-likeness (QED) is 0.454. The van der Waals surface area contributed by atoms with E-state index in [0.29, 0.717) is 5.41 Å². The van der Waals surface area contributed by atoms with Gasteiger partial charge in [0.2, 0.25) is 0 Å². The van der Waals surface area contributed by atoms with E-state index in [-0.39, 0.29) is 24.0 Å². The molecule has 1 N–H and O–H groups in total. The molecule has 0 spiro atoms. The molecule has 0 radical (unpaired) electrons. The first kappa shape index (κ1) is 19.3. The minimum atomic E-state index is 0. The van der Waals surface area contributed by atoms with Gasteiger partial charge in [-0.25, -0.2) is 0 Å². The smallest absolute Gasteiger partial charge is 0.193 e. The van der Waals surface area contributed by atoms with Crippen molar-refractivity contribution in [1.29, 1.82) is 0 Å². The van der Waals surface area contributed by atoms with Gasteiger partial charge in [-0.1, -0.05) is 19.8 Å². The summed E-state index contributed by atoms with van der Waals surface area (Å²) in [5, 5.41) is 7.62. The van der Waals surface area contributed by atoms with Crippen molar-refractivity contribution in [3.8, 4) is 0 Å². The van der Waals surface area contributed by atoms with Crippen LogP contribution in [0, 0.1) is 5.41 Å². The van der Waals surface area contributed by atoms with Gasteiger partial charge in [0.05, 0.1) is 6.20 Å². The van der Waals surface area contributed by atoms with E-state index in [9.17, 15) is 0 Å². The lowest BCUT2D eigenvalue weighted by Crippen LogP contribution is -2.39. The highest BCUT2D eigenvalue weighted by Crippen LogP contribution is 2.37. The maximum Gasteiger partial charge on any atom is 0.193 e. The van der Waals surface area contributed by atoms with Crippen LogP contribution in [0.25, 0.3) is 0 Å². The Morgan fingerprint density at radius 3 is 2.68 bits per heavy atom. The molecule has 1 aliphatic rings. The SMILES string of the molecule is CCNC(=NCC1(C)CCCC1)N(C)Cc1cnn(C)c1.I. The van der Waals surface area contributed by atoms with E-state index in [1.54, 1.807) is 0 Å². The summed E-state index contributed by atoms with van der Waals surface area (Å²) in [4.78, 5) is 7.05. The molecule has 0 aromatic carbocycles. The van der Waals surface area contributed by atoms with Gasteiger partial charge in [0.1, 0.15) is 0 Å². The second kappa shape index (κ2) is 8.74. The number of nitrogens with zero attached hydrogens (tertiary/aromatic N) is 4. The molecule has 1 aromatic rings. The fourth-order valence-electron chi connectivity index (χ4n) is 3.02. The van der Waals surface area contributed by atoms with Crippen LogP contribution in [0.1, 0.15) is 45.1 Å². The second-order valence-electron chi connectivity index (χ2n) is 6.57. The minimum Gasteiger partial charge on any atom is -0.357 e. The van der Waals surface area contributed by atoms with Gasteiger partial charge in [-0.3, -0.25) is 9.67 Å². The number of halogens is 1. The molecule has 0 saturated heterocycles. The average Bonchev–Trinajstić information content (AvgIpc) is 3.04. The molecule has 5 nitrogen and oxygen atoms in total. The third kappa shape index (κ3) is 5.44. The molecule has 1 fully saturated rings. The van der Waals surface area contributed by atoms with Gasteiger partial charge < -0.3 is 10.2 Å². The Bertz CT molecular complexity index is 477. The summed E-state index contributed by atoms with van der Waals surface area (Å²) >= 11 is 0. The van der Waals surface area contributed by atoms with Gasteiger partial charge in [-0.05, 0) is 25.2 Å². The van der Waals surface area contributed by atoms with Gasteiger partial charge >= 0.3 is 0 Å². The Morgan fingerprint density at radius 1 is 1.45 bits per heavy atom. The van der Waals surface area contributed by atoms with Crippen LogP contribution in [0.3, 0.4) is 0 Å². The molecule has 0 unspecified atom stereocenters. The van der Waals surface area contributed by atoms with Crippen molar-refractivity contribution >= 4 is 29.9 Å². The van der Waals surface area contributed by atoms with Gasteiger partial charge in [-0.2, -0.15) is 5.10 Å². The lowest BCUT2D eigenvalue weighted by atomic mass is 9.89. The number of aromatic nitrogens is 2. The third-order valence-electron chi connectivity index (χ3n) is 4.30. The first-order valence-corrected chi connectivity index (χ1v) is 7.99. The largest absolute Gasteiger partial charge is 0.357 e. The summed E-state index contributed by atoms with van der Waals surface area (Å²) in [6.45, 7) is 7.13. The minimum absolute atomic E-state index is 0. The number of hydrogen-bond acceptors (Lipinski definition) is 2. The van der Waals surface area contributed by atoms with Crippen LogP contribution in [0.4, 0.5) is 0 Å². The topological polar surface area (TPSA) is 45.5 Å². The molecule has 0 aliphatic heterocycles. The van der Waals surface area contributed by atoms with E-state index in [4.69, 9.17) is 4.99 Å². The monoisotopic (exact) mass is 419 g/mol. The molecule has 0 bridgehead atoms. The molecule has 2 rings (SSSR count). The Labute approximate surface area is 151 Å². The molecular formula is C16H30IN5.